The topological polar surface area (TPSA) is 65.6 Å². The lowest BCUT2D eigenvalue weighted by Gasteiger charge is -2.04. The van der Waals surface area contributed by atoms with Crippen molar-refractivity contribution >= 4 is 5.78 Å². The van der Waals surface area contributed by atoms with Crippen LogP contribution in [0.1, 0.15) is 17.3 Å². The van der Waals surface area contributed by atoms with Gasteiger partial charge in [0.05, 0.1) is 6.33 Å². The number of imidazole rings is 1. The molecule has 0 spiro atoms. The van der Waals surface area contributed by atoms with Gasteiger partial charge in [-0.15, -0.1) is 5.10 Å². The Bertz CT molecular complexity index is 1130. The van der Waals surface area contributed by atoms with E-state index < -0.39 is 0 Å². The Hall–Kier alpha value is -3.61. The Morgan fingerprint density at radius 2 is 1.81 bits per heavy atom. The van der Waals surface area contributed by atoms with Crippen molar-refractivity contribution in [2.75, 3.05) is 0 Å². The highest BCUT2D eigenvalue weighted by molar-refractivity contribution is 5.94. The normalized spacial score (nSPS) is 10.9. The number of hydrogen-bond donors (Lipinski definition) is 0. The molecule has 0 amide bonds. The summed E-state index contributed by atoms with van der Waals surface area (Å²) >= 11 is 0. The van der Waals surface area contributed by atoms with Gasteiger partial charge in [-0.1, -0.05) is 17.3 Å². The second kappa shape index (κ2) is 6.60. The van der Waals surface area contributed by atoms with Gasteiger partial charge < -0.3 is 4.57 Å². The second-order valence-corrected chi connectivity index (χ2v) is 6.16. The molecule has 0 saturated heterocycles. The smallest absolute Gasteiger partial charge is 0.159 e. The predicted octanol–water partition coefficient (Wildman–Crippen LogP) is 3.68. The van der Waals surface area contributed by atoms with E-state index >= 15 is 0 Å². The highest BCUT2D eigenvalue weighted by Gasteiger charge is 2.19. The Kier molecular flexibility index (Phi) is 4.12. The van der Waals surface area contributed by atoms with Gasteiger partial charge in [-0.2, -0.15) is 0 Å². The van der Waals surface area contributed by atoms with E-state index in [2.05, 4.69) is 15.3 Å². The summed E-state index contributed by atoms with van der Waals surface area (Å²) in [5, 5.41) is 8.16. The molecule has 27 heavy (non-hydrogen) atoms. The number of rotatable bonds is 4. The fraction of sp³-hybridized carbons (Fsp3) is 0.100. The van der Waals surface area contributed by atoms with Gasteiger partial charge in [-0.25, -0.2) is 14.1 Å². The molecule has 0 unspecified atom stereocenters. The van der Waals surface area contributed by atoms with Crippen molar-refractivity contribution < 1.29 is 9.18 Å². The molecule has 0 saturated carbocycles. The van der Waals surface area contributed by atoms with E-state index in [-0.39, 0.29) is 11.6 Å². The van der Waals surface area contributed by atoms with Gasteiger partial charge in [0.1, 0.15) is 22.9 Å². The van der Waals surface area contributed by atoms with E-state index in [4.69, 9.17) is 0 Å². The zero-order chi connectivity index (χ0) is 19.0. The standard InChI is InChI=1S/C20H16FN5O/c1-13(27)14-7-9-15(10-8-14)26-11-18(22-12-26)20-19(23-24-25(20)2)16-5-3-4-6-17(16)21/h3-12H,1-2H3. The molecule has 0 atom stereocenters. The van der Waals surface area contributed by atoms with Crippen molar-refractivity contribution in [1.82, 2.24) is 24.5 Å². The van der Waals surface area contributed by atoms with Crippen molar-refractivity contribution in [3.63, 3.8) is 0 Å². The number of nitrogens with zero attached hydrogens (tertiary/aromatic N) is 5. The third-order valence-electron chi connectivity index (χ3n) is 4.35. The monoisotopic (exact) mass is 361 g/mol. The number of carbonyl (C=O) groups excluding carboxylic acids is 1. The number of aromatic nitrogens is 5. The largest absolute Gasteiger partial charge is 0.306 e. The first kappa shape index (κ1) is 16.8. The summed E-state index contributed by atoms with van der Waals surface area (Å²) in [6.45, 7) is 1.53. The molecular formula is C20H16FN5O. The van der Waals surface area contributed by atoms with Crippen LogP contribution in [0.25, 0.3) is 28.3 Å². The number of aryl methyl sites for hydroxylation is 1. The minimum Gasteiger partial charge on any atom is -0.306 e. The van der Waals surface area contributed by atoms with E-state index in [0.717, 1.165) is 5.69 Å². The molecule has 0 fully saturated rings. The summed E-state index contributed by atoms with van der Waals surface area (Å²) < 4.78 is 17.6. The zero-order valence-electron chi connectivity index (χ0n) is 14.8. The molecule has 7 heteroatoms. The average molecular weight is 361 g/mol. The van der Waals surface area contributed by atoms with E-state index in [0.29, 0.717) is 28.2 Å². The number of Topliss-reactive ketones (excluding diaryl/α,β-unsaturated/α-hetero) is 1. The molecule has 2 aromatic carbocycles. The molecule has 4 aromatic rings. The molecule has 0 N–H and O–H groups in total. The van der Waals surface area contributed by atoms with Crippen molar-refractivity contribution in [2.24, 2.45) is 7.05 Å². The maximum atomic E-state index is 14.2. The van der Waals surface area contributed by atoms with Crippen LogP contribution in [0.15, 0.2) is 61.1 Å². The first-order valence-corrected chi connectivity index (χ1v) is 8.35. The van der Waals surface area contributed by atoms with Crippen LogP contribution in [0.3, 0.4) is 0 Å². The third-order valence-corrected chi connectivity index (χ3v) is 4.35. The summed E-state index contributed by atoms with van der Waals surface area (Å²) in [6, 6.07) is 13.7. The fourth-order valence-corrected chi connectivity index (χ4v) is 2.93. The Balaban J connectivity index is 1.75. The molecule has 0 aliphatic rings. The molecule has 2 aromatic heterocycles. The number of benzene rings is 2. The van der Waals surface area contributed by atoms with Gasteiger partial charge in [0.15, 0.2) is 5.78 Å². The highest BCUT2D eigenvalue weighted by atomic mass is 19.1. The summed E-state index contributed by atoms with van der Waals surface area (Å²) in [5.74, 6) is -0.345. The van der Waals surface area contributed by atoms with Crippen molar-refractivity contribution in [2.45, 2.75) is 6.92 Å². The van der Waals surface area contributed by atoms with Gasteiger partial charge in [-0.05, 0) is 43.3 Å². The van der Waals surface area contributed by atoms with Crippen LogP contribution in [-0.4, -0.2) is 30.3 Å². The Labute approximate surface area is 154 Å². The van der Waals surface area contributed by atoms with E-state index in [1.165, 1.54) is 13.0 Å². The van der Waals surface area contributed by atoms with E-state index in [9.17, 15) is 9.18 Å². The summed E-state index contributed by atoms with van der Waals surface area (Å²) in [5.41, 5.74) is 3.57. The molecular weight excluding hydrogens is 345 g/mol. The first-order valence-electron chi connectivity index (χ1n) is 8.35. The van der Waals surface area contributed by atoms with Crippen LogP contribution < -0.4 is 0 Å². The maximum Gasteiger partial charge on any atom is 0.159 e. The molecule has 0 aliphatic heterocycles. The molecule has 0 aliphatic carbocycles. The number of halogens is 1. The van der Waals surface area contributed by atoms with Crippen LogP contribution in [0.5, 0.6) is 0 Å². The lowest BCUT2D eigenvalue weighted by atomic mass is 10.1. The maximum absolute atomic E-state index is 14.2. The van der Waals surface area contributed by atoms with Gasteiger partial charge in [0.25, 0.3) is 0 Å². The summed E-state index contributed by atoms with van der Waals surface area (Å²) in [6.07, 6.45) is 3.49. The fourth-order valence-electron chi connectivity index (χ4n) is 2.93. The number of ketones is 1. The Morgan fingerprint density at radius 3 is 2.52 bits per heavy atom. The minimum absolute atomic E-state index is 0.0170. The summed E-state index contributed by atoms with van der Waals surface area (Å²) in [4.78, 5) is 15.9. The number of carbonyl (C=O) groups is 1. The van der Waals surface area contributed by atoms with Crippen molar-refractivity contribution in [3.8, 4) is 28.3 Å². The highest BCUT2D eigenvalue weighted by Crippen LogP contribution is 2.30. The van der Waals surface area contributed by atoms with Crippen molar-refractivity contribution in [1.29, 1.82) is 0 Å². The Morgan fingerprint density at radius 1 is 1.07 bits per heavy atom. The van der Waals surface area contributed by atoms with Crippen LogP contribution >= 0.6 is 0 Å². The average Bonchev–Trinajstić information content (AvgIpc) is 3.29. The molecule has 2 heterocycles. The molecule has 6 nitrogen and oxygen atoms in total. The molecule has 4 rings (SSSR count). The number of hydrogen-bond acceptors (Lipinski definition) is 4. The lowest BCUT2D eigenvalue weighted by molar-refractivity contribution is 0.101. The van der Waals surface area contributed by atoms with Crippen LogP contribution in [0.2, 0.25) is 0 Å². The lowest BCUT2D eigenvalue weighted by Crippen LogP contribution is -1.96. The van der Waals surface area contributed by atoms with E-state index in [1.807, 2.05) is 22.9 Å². The van der Waals surface area contributed by atoms with Gasteiger partial charge in [0, 0.05) is 30.1 Å². The third kappa shape index (κ3) is 3.03. The van der Waals surface area contributed by atoms with Crippen LogP contribution in [0.4, 0.5) is 4.39 Å². The zero-order valence-corrected chi connectivity index (χ0v) is 14.8. The van der Waals surface area contributed by atoms with Crippen LogP contribution in [0, 0.1) is 5.82 Å². The van der Waals surface area contributed by atoms with Gasteiger partial charge >= 0.3 is 0 Å². The van der Waals surface area contributed by atoms with Gasteiger partial charge in [0.2, 0.25) is 0 Å². The molecule has 134 valence electrons. The predicted molar refractivity (Wildman–Crippen MR) is 99.0 cm³/mol. The molecule has 0 bridgehead atoms. The minimum atomic E-state index is -0.362. The molecule has 0 radical (unpaired) electrons. The van der Waals surface area contributed by atoms with Gasteiger partial charge in [-0.3, -0.25) is 4.79 Å². The van der Waals surface area contributed by atoms with E-state index in [1.54, 1.807) is 48.4 Å². The van der Waals surface area contributed by atoms with Crippen LogP contribution in [-0.2, 0) is 7.05 Å². The summed E-state index contributed by atoms with van der Waals surface area (Å²) in [7, 11) is 1.74. The van der Waals surface area contributed by atoms with Crippen molar-refractivity contribution in [3.05, 3.63) is 72.4 Å². The second-order valence-electron chi connectivity index (χ2n) is 6.16. The first-order chi connectivity index (χ1) is 13.0. The SMILES string of the molecule is CC(=O)c1ccc(-n2cnc(-c3c(-c4ccccc4F)nnn3C)c2)cc1. The quantitative estimate of drug-likeness (QED) is 0.520.